The van der Waals surface area contributed by atoms with Crippen LogP contribution in [0.15, 0.2) is 78.4 Å². The summed E-state index contributed by atoms with van der Waals surface area (Å²) in [5.74, 6) is 0.591. The van der Waals surface area contributed by atoms with Gasteiger partial charge in [0.2, 0.25) is 5.91 Å². The number of methoxy groups -OCH3 is 2. The van der Waals surface area contributed by atoms with Crippen molar-refractivity contribution in [2.24, 2.45) is 0 Å². The lowest BCUT2D eigenvalue weighted by atomic mass is 9.98. The fourth-order valence-corrected chi connectivity index (χ4v) is 4.21. The summed E-state index contributed by atoms with van der Waals surface area (Å²) in [4.78, 5) is 30.5. The maximum absolute atomic E-state index is 14.0. The molecule has 1 saturated heterocycles. The second-order valence-electron chi connectivity index (χ2n) is 7.90. The highest BCUT2D eigenvalue weighted by Gasteiger charge is 2.42. The van der Waals surface area contributed by atoms with E-state index in [1.54, 1.807) is 54.5 Å². The minimum atomic E-state index is -0.838. The Morgan fingerprint density at radius 2 is 1.68 bits per heavy atom. The quantitative estimate of drug-likeness (QED) is 0.490. The van der Waals surface area contributed by atoms with Gasteiger partial charge in [0, 0.05) is 16.8 Å². The second kappa shape index (κ2) is 10.0. The van der Waals surface area contributed by atoms with Gasteiger partial charge in [-0.15, -0.1) is 0 Å². The molecule has 6 nitrogen and oxygen atoms in total. The number of nitrogens with zero attached hydrogens (tertiary/aromatic N) is 2. The molecule has 2 amide bonds. The molecule has 174 valence electrons. The van der Waals surface area contributed by atoms with Gasteiger partial charge in [-0.05, 0) is 54.5 Å². The van der Waals surface area contributed by atoms with Crippen LogP contribution in [0.25, 0.3) is 6.08 Å². The molecule has 0 saturated carbocycles. The predicted molar refractivity (Wildman–Crippen MR) is 135 cm³/mol. The van der Waals surface area contributed by atoms with E-state index in [0.717, 1.165) is 11.1 Å². The average Bonchev–Trinajstić information content (AvgIpc) is 2.85. The zero-order valence-corrected chi connectivity index (χ0v) is 20.0. The minimum Gasteiger partial charge on any atom is -0.497 e. The maximum Gasteiger partial charge on any atom is 0.255 e. The Labute approximate surface area is 204 Å². The predicted octanol–water partition coefficient (Wildman–Crippen LogP) is 5.21. The molecule has 0 bridgehead atoms. The van der Waals surface area contributed by atoms with Crippen molar-refractivity contribution < 1.29 is 19.1 Å². The van der Waals surface area contributed by atoms with Gasteiger partial charge in [0.05, 0.1) is 19.9 Å². The van der Waals surface area contributed by atoms with E-state index in [2.05, 4.69) is 0 Å². The topological polar surface area (TPSA) is 59.1 Å². The van der Waals surface area contributed by atoms with Gasteiger partial charge >= 0.3 is 0 Å². The van der Waals surface area contributed by atoms with Gasteiger partial charge in [0.15, 0.2) is 0 Å². The van der Waals surface area contributed by atoms with Crippen LogP contribution in [-0.2, 0) is 9.59 Å². The summed E-state index contributed by atoms with van der Waals surface area (Å²) in [6, 6.07) is 20.9. The molecule has 0 N–H and O–H groups in total. The van der Waals surface area contributed by atoms with E-state index in [0.29, 0.717) is 27.9 Å². The van der Waals surface area contributed by atoms with E-state index in [1.165, 1.54) is 12.0 Å². The second-order valence-corrected chi connectivity index (χ2v) is 8.34. The lowest BCUT2D eigenvalue weighted by Gasteiger charge is -2.41. The monoisotopic (exact) mass is 476 g/mol. The van der Waals surface area contributed by atoms with Crippen LogP contribution in [0, 0.1) is 0 Å². The van der Waals surface area contributed by atoms with Crippen LogP contribution in [-0.4, -0.2) is 38.6 Å². The summed E-state index contributed by atoms with van der Waals surface area (Å²) in [6.45, 7) is 1.74. The Bertz CT molecular complexity index is 1230. The van der Waals surface area contributed by atoms with E-state index < -0.39 is 6.04 Å². The largest absolute Gasteiger partial charge is 0.497 e. The number of hydrogen-bond acceptors (Lipinski definition) is 4. The molecular formula is C27H25ClN2O4. The molecule has 0 radical (unpaired) electrons. The zero-order chi connectivity index (χ0) is 24.2. The Morgan fingerprint density at radius 3 is 2.32 bits per heavy atom. The molecule has 4 rings (SSSR count). The molecule has 1 fully saturated rings. The first-order valence-corrected chi connectivity index (χ1v) is 11.1. The van der Waals surface area contributed by atoms with Gasteiger partial charge in [-0.1, -0.05) is 48.0 Å². The number of rotatable bonds is 6. The SMILES string of the molecule is COc1ccc(N2CC(=O)N(c3ccc(Cl)cc3)[C@H](/C(C)=C/c3ccccc3)C2=O)c(OC)c1. The van der Waals surface area contributed by atoms with Crippen molar-refractivity contribution in [1.82, 2.24) is 0 Å². The molecule has 0 spiro atoms. The Hall–Kier alpha value is -3.77. The highest BCUT2D eigenvalue weighted by atomic mass is 35.5. The molecule has 0 aromatic heterocycles. The van der Waals surface area contributed by atoms with Crippen molar-refractivity contribution in [2.75, 3.05) is 30.6 Å². The number of carbonyl (C=O) groups excluding carboxylic acids is 2. The highest BCUT2D eigenvalue weighted by Crippen LogP contribution is 2.36. The van der Waals surface area contributed by atoms with Crippen LogP contribution >= 0.6 is 11.6 Å². The van der Waals surface area contributed by atoms with E-state index in [1.807, 2.05) is 43.3 Å². The molecule has 1 aliphatic rings. The van der Waals surface area contributed by atoms with Crippen molar-refractivity contribution in [2.45, 2.75) is 13.0 Å². The number of amides is 2. The van der Waals surface area contributed by atoms with Crippen molar-refractivity contribution in [3.8, 4) is 11.5 Å². The zero-order valence-electron chi connectivity index (χ0n) is 19.2. The number of halogens is 1. The van der Waals surface area contributed by atoms with Gasteiger partial charge < -0.3 is 9.47 Å². The summed E-state index contributed by atoms with van der Waals surface area (Å²) < 4.78 is 10.8. The fraction of sp³-hybridized carbons (Fsp3) is 0.185. The van der Waals surface area contributed by atoms with E-state index >= 15 is 0 Å². The summed E-state index contributed by atoms with van der Waals surface area (Å²) in [5, 5.41) is 0.553. The summed E-state index contributed by atoms with van der Waals surface area (Å²) >= 11 is 6.07. The summed E-state index contributed by atoms with van der Waals surface area (Å²) in [5.41, 5.74) is 2.79. The standard InChI is InChI=1S/C27H25ClN2O4/c1-18(15-19-7-5-4-6-8-19)26-27(32)29(23-14-13-22(33-2)16-24(23)34-3)17-25(31)30(26)21-11-9-20(28)10-12-21/h4-16,26H,17H2,1-3H3/b18-15+/t26-/m1/s1. The molecule has 0 aliphatic carbocycles. The third-order valence-electron chi connectivity index (χ3n) is 5.73. The van der Waals surface area contributed by atoms with Crippen LogP contribution in [0.4, 0.5) is 11.4 Å². The summed E-state index contributed by atoms with van der Waals surface area (Å²) in [6.07, 6.45) is 1.92. The fourth-order valence-electron chi connectivity index (χ4n) is 4.09. The number of anilines is 2. The average molecular weight is 477 g/mol. The lowest BCUT2D eigenvalue weighted by Crippen LogP contribution is -2.61. The van der Waals surface area contributed by atoms with Crippen molar-refractivity contribution in [3.05, 3.63) is 89.0 Å². The first-order chi connectivity index (χ1) is 16.4. The Morgan fingerprint density at radius 1 is 0.971 bits per heavy atom. The number of ether oxygens (including phenoxy) is 2. The van der Waals surface area contributed by atoms with E-state index in [9.17, 15) is 9.59 Å². The van der Waals surface area contributed by atoms with Crippen LogP contribution in [0.5, 0.6) is 11.5 Å². The molecule has 3 aromatic carbocycles. The molecule has 3 aromatic rings. The molecule has 1 atom stereocenters. The van der Waals surface area contributed by atoms with Crippen molar-refractivity contribution in [3.63, 3.8) is 0 Å². The maximum atomic E-state index is 14.0. The number of carbonyl (C=O) groups is 2. The first-order valence-electron chi connectivity index (χ1n) is 10.8. The van der Waals surface area contributed by atoms with Gasteiger partial charge in [0.25, 0.3) is 5.91 Å². The molecule has 0 unspecified atom stereocenters. The van der Waals surface area contributed by atoms with Crippen LogP contribution < -0.4 is 19.3 Å². The third-order valence-corrected chi connectivity index (χ3v) is 5.98. The third kappa shape index (κ3) is 4.63. The Balaban J connectivity index is 1.81. The molecule has 7 heteroatoms. The van der Waals surface area contributed by atoms with Gasteiger partial charge in [0.1, 0.15) is 24.1 Å². The number of piperazine rings is 1. The smallest absolute Gasteiger partial charge is 0.255 e. The number of benzene rings is 3. The van der Waals surface area contributed by atoms with Crippen LogP contribution in [0.3, 0.4) is 0 Å². The van der Waals surface area contributed by atoms with Gasteiger partial charge in [-0.25, -0.2) is 0 Å². The number of hydrogen-bond donors (Lipinski definition) is 0. The van der Waals surface area contributed by atoms with Crippen molar-refractivity contribution in [1.29, 1.82) is 0 Å². The van der Waals surface area contributed by atoms with Gasteiger partial charge in [-0.3, -0.25) is 19.4 Å². The van der Waals surface area contributed by atoms with E-state index in [4.69, 9.17) is 21.1 Å². The van der Waals surface area contributed by atoms with Crippen molar-refractivity contribution >= 4 is 40.9 Å². The molecule has 1 aliphatic heterocycles. The summed E-state index contributed by atoms with van der Waals surface area (Å²) in [7, 11) is 3.08. The normalized spacial score (nSPS) is 16.6. The Kier molecular flexibility index (Phi) is 6.89. The van der Waals surface area contributed by atoms with Crippen LogP contribution in [0.2, 0.25) is 5.02 Å². The minimum absolute atomic E-state index is 0.126. The lowest BCUT2D eigenvalue weighted by molar-refractivity contribution is -0.127. The molecule has 34 heavy (non-hydrogen) atoms. The first kappa shape index (κ1) is 23.4. The molecular weight excluding hydrogens is 452 g/mol. The highest BCUT2D eigenvalue weighted by molar-refractivity contribution is 6.30. The van der Waals surface area contributed by atoms with Gasteiger partial charge in [-0.2, -0.15) is 0 Å². The van der Waals surface area contributed by atoms with Crippen LogP contribution in [0.1, 0.15) is 12.5 Å². The molecule has 1 heterocycles. The van der Waals surface area contributed by atoms with E-state index in [-0.39, 0.29) is 18.4 Å².